The van der Waals surface area contributed by atoms with Gasteiger partial charge >= 0.3 is 6.03 Å². The predicted molar refractivity (Wildman–Crippen MR) is 98.6 cm³/mol. The summed E-state index contributed by atoms with van der Waals surface area (Å²) in [5.41, 5.74) is 1.35. The summed E-state index contributed by atoms with van der Waals surface area (Å²) in [6.45, 7) is 6.57. The van der Waals surface area contributed by atoms with Crippen LogP contribution in [0.2, 0.25) is 0 Å². The molecule has 0 fully saturated rings. The fourth-order valence-electron chi connectivity index (χ4n) is 2.10. The number of aromatic nitrogens is 2. The Balaban J connectivity index is 1.60. The molecule has 25 heavy (non-hydrogen) atoms. The van der Waals surface area contributed by atoms with E-state index in [0.29, 0.717) is 23.9 Å². The minimum Gasteiger partial charge on any atom is -0.338 e. The molecule has 2 aromatic heterocycles. The molecule has 7 heteroatoms. The van der Waals surface area contributed by atoms with Crippen molar-refractivity contribution in [2.75, 3.05) is 5.32 Å². The van der Waals surface area contributed by atoms with Crippen LogP contribution in [0, 0.1) is 0 Å². The lowest BCUT2D eigenvalue weighted by atomic mass is 9.97. The summed E-state index contributed by atoms with van der Waals surface area (Å²) < 4.78 is 5.31. The van der Waals surface area contributed by atoms with Crippen LogP contribution < -0.4 is 10.6 Å². The van der Waals surface area contributed by atoms with Gasteiger partial charge in [0.15, 0.2) is 0 Å². The molecule has 0 bridgehead atoms. The smallest absolute Gasteiger partial charge is 0.319 e. The second-order valence-electron chi connectivity index (χ2n) is 6.64. The van der Waals surface area contributed by atoms with Crippen molar-refractivity contribution in [2.45, 2.75) is 32.7 Å². The number of benzene rings is 1. The standard InChI is InChI=1S/C18H20N4O2S/c1-18(2,3)16-21-15(22-24-16)12-6-8-13(9-7-12)20-17(23)19-11-14-5-4-10-25-14/h4-10H,11H2,1-3H3,(H2,19,20,23). The van der Waals surface area contributed by atoms with E-state index in [2.05, 4.69) is 20.8 Å². The summed E-state index contributed by atoms with van der Waals surface area (Å²) in [6, 6.07) is 11.0. The zero-order valence-corrected chi connectivity index (χ0v) is 15.2. The van der Waals surface area contributed by atoms with Crippen LogP contribution in [-0.2, 0) is 12.0 Å². The maximum Gasteiger partial charge on any atom is 0.319 e. The number of nitrogens with zero attached hydrogens (tertiary/aromatic N) is 2. The molecule has 3 aromatic rings. The second kappa shape index (κ2) is 7.06. The van der Waals surface area contributed by atoms with Gasteiger partial charge in [0.05, 0.1) is 6.54 Å². The van der Waals surface area contributed by atoms with E-state index >= 15 is 0 Å². The van der Waals surface area contributed by atoms with Crippen LogP contribution >= 0.6 is 11.3 Å². The largest absolute Gasteiger partial charge is 0.338 e. The summed E-state index contributed by atoms with van der Waals surface area (Å²) in [5.74, 6) is 1.14. The van der Waals surface area contributed by atoms with Gasteiger partial charge in [-0.2, -0.15) is 4.98 Å². The van der Waals surface area contributed by atoms with Crippen LogP contribution in [0.1, 0.15) is 31.5 Å². The third-order valence-corrected chi connectivity index (χ3v) is 4.35. The van der Waals surface area contributed by atoms with E-state index in [1.807, 2.05) is 62.5 Å². The lowest BCUT2D eigenvalue weighted by molar-refractivity contribution is 0.252. The Morgan fingerprint density at radius 1 is 1.20 bits per heavy atom. The molecule has 3 rings (SSSR count). The molecule has 1 aromatic carbocycles. The van der Waals surface area contributed by atoms with E-state index in [-0.39, 0.29) is 11.4 Å². The molecular weight excluding hydrogens is 336 g/mol. The maximum absolute atomic E-state index is 11.9. The van der Waals surface area contributed by atoms with E-state index in [4.69, 9.17) is 4.52 Å². The molecule has 2 heterocycles. The van der Waals surface area contributed by atoms with Crippen molar-refractivity contribution in [3.05, 3.63) is 52.5 Å². The first-order valence-corrected chi connectivity index (χ1v) is 8.81. The van der Waals surface area contributed by atoms with E-state index in [0.717, 1.165) is 10.4 Å². The van der Waals surface area contributed by atoms with Gasteiger partial charge in [-0.15, -0.1) is 11.3 Å². The number of carbonyl (C=O) groups excluding carboxylic acids is 1. The van der Waals surface area contributed by atoms with Crippen LogP contribution in [0.3, 0.4) is 0 Å². The molecule has 6 nitrogen and oxygen atoms in total. The lowest BCUT2D eigenvalue weighted by Crippen LogP contribution is -2.27. The van der Waals surface area contributed by atoms with Gasteiger partial charge in [0.2, 0.25) is 11.7 Å². The third kappa shape index (κ3) is 4.45. The van der Waals surface area contributed by atoms with Crippen LogP contribution in [0.4, 0.5) is 10.5 Å². The Kier molecular flexibility index (Phi) is 4.85. The quantitative estimate of drug-likeness (QED) is 0.725. The summed E-state index contributed by atoms with van der Waals surface area (Å²) in [5, 5.41) is 11.6. The summed E-state index contributed by atoms with van der Waals surface area (Å²) in [4.78, 5) is 17.5. The van der Waals surface area contributed by atoms with Gasteiger partial charge in [0, 0.05) is 21.5 Å². The fraction of sp³-hybridized carbons (Fsp3) is 0.278. The minimum atomic E-state index is -0.240. The summed E-state index contributed by atoms with van der Waals surface area (Å²) >= 11 is 1.61. The second-order valence-corrected chi connectivity index (χ2v) is 7.67. The molecular formula is C18H20N4O2S. The number of thiophene rings is 1. The van der Waals surface area contributed by atoms with Crippen molar-refractivity contribution in [1.82, 2.24) is 15.5 Å². The summed E-state index contributed by atoms with van der Waals surface area (Å²) in [6.07, 6.45) is 0. The van der Waals surface area contributed by atoms with Crippen LogP contribution in [0.15, 0.2) is 46.3 Å². The van der Waals surface area contributed by atoms with Crippen LogP contribution in [0.25, 0.3) is 11.4 Å². The highest BCUT2D eigenvalue weighted by Gasteiger charge is 2.22. The van der Waals surface area contributed by atoms with E-state index < -0.39 is 0 Å². The first-order chi connectivity index (χ1) is 11.9. The van der Waals surface area contributed by atoms with Crippen molar-refractivity contribution in [3.8, 4) is 11.4 Å². The molecule has 0 aliphatic carbocycles. The van der Waals surface area contributed by atoms with Gasteiger partial charge in [-0.25, -0.2) is 4.79 Å². The highest BCUT2D eigenvalue weighted by atomic mass is 32.1. The Bertz CT molecular complexity index is 833. The zero-order chi connectivity index (χ0) is 17.9. The third-order valence-electron chi connectivity index (χ3n) is 3.47. The SMILES string of the molecule is CC(C)(C)c1nc(-c2ccc(NC(=O)NCc3cccs3)cc2)no1. The average molecular weight is 356 g/mol. The average Bonchev–Trinajstić information content (AvgIpc) is 3.25. The normalized spacial score (nSPS) is 11.3. The molecule has 2 amide bonds. The molecule has 0 aliphatic rings. The van der Waals surface area contributed by atoms with E-state index in [1.54, 1.807) is 11.3 Å². The first kappa shape index (κ1) is 17.2. The van der Waals surface area contributed by atoms with Gasteiger partial charge < -0.3 is 15.2 Å². The highest BCUT2D eigenvalue weighted by molar-refractivity contribution is 7.09. The molecule has 130 valence electrons. The van der Waals surface area contributed by atoms with E-state index in [9.17, 15) is 4.79 Å². The Labute approximate surface area is 150 Å². The number of carbonyl (C=O) groups is 1. The van der Waals surface area contributed by atoms with E-state index in [1.165, 1.54) is 0 Å². The number of amides is 2. The number of nitrogens with one attached hydrogen (secondary N) is 2. The number of urea groups is 1. The first-order valence-electron chi connectivity index (χ1n) is 7.94. The number of rotatable bonds is 4. The van der Waals surface area contributed by atoms with Crippen molar-refractivity contribution >= 4 is 23.1 Å². The van der Waals surface area contributed by atoms with Gasteiger partial charge in [-0.05, 0) is 35.7 Å². The van der Waals surface area contributed by atoms with Gasteiger partial charge in [-0.3, -0.25) is 0 Å². The number of anilines is 1. The summed E-state index contributed by atoms with van der Waals surface area (Å²) in [7, 11) is 0. The van der Waals surface area contributed by atoms with Crippen LogP contribution in [-0.4, -0.2) is 16.2 Å². The highest BCUT2D eigenvalue weighted by Crippen LogP contribution is 2.24. The Morgan fingerprint density at radius 2 is 1.96 bits per heavy atom. The molecule has 0 atom stereocenters. The minimum absolute atomic E-state index is 0.187. The van der Waals surface area contributed by atoms with Crippen molar-refractivity contribution < 1.29 is 9.32 Å². The van der Waals surface area contributed by atoms with Gasteiger partial charge in [0.1, 0.15) is 0 Å². The maximum atomic E-state index is 11.9. The van der Waals surface area contributed by atoms with Crippen molar-refractivity contribution in [3.63, 3.8) is 0 Å². The molecule has 2 N–H and O–H groups in total. The Morgan fingerprint density at radius 3 is 2.56 bits per heavy atom. The zero-order valence-electron chi connectivity index (χ0n) is 14.4. The van der Waals surface area contributed by atoms with Crippen LogP contribution in [0.5, 0.6) is 0 Å². The topological polar surface area (TPSA) is 80.0 Å². The van der Waals surface area contributed by atoms with Gasteiger partial charge in [0.25, 0.3) is 0 Å². The van der Waals surface area contributed by atoms with Gasteiger partial charge in [-0.1, -0.05) is 32.0 Å². The molecule has 0 aliphatic heterocycles. The molecule has 0 saturated heterocycles. The number of hydrogen-bond donors (Lipinski definition) is 2. The molecule has 0 saturated carbocycles. The molecule has 0 spiro atoms. The lowest BCUT2D eigenvalue weighted by Gasteiger charge is -2.10. The fourth-order valence-corrected chi connectivity index (χ4v) is 2.75. The Hall–Kier alpha value is -2.67. The monoisotopic (exact) mass is 356 g/mol. The number of hydrogen-bond acceptors (Lipinski definition) is 5. The van der Waals surface area contributed by atoms with Crippen molar-refractivity contribution in [2.24, 2.45) is 0 Å². The van der Waals surface area contributed by atoms with Crippen molar-refractivity contribution in [1.29, 1.82) is 0 Å². The molecule has 0 unspecified atom stereocenters. The molecule has 0 radical (unpaired) electrons. The predicted octanol–water partition coefficient (Wildman–Crippen LogP) is 4.42.